The van der Waals surface area contributed by atoms with E-state index in [1.54, 1.807) is 0 Å². The molecule has 0 amide bonds. The molecule has 4 rings (SSSR count). The lowest BCUT2D eigenvalue weighted by atomic mass is 10.1. The highest BCUT2D eigenvalue weighted by molar-refractivity contribution is 5.79. The topological polar surface area (TPSA) is 73.1 Å². The molecule has 0 bridgehead atoms. The van der Waals surface area contributed by atoms with Gasteiger partial charge in [-0.05, 0) is 48.1 Å². The van der Waals surface area contributed by atoms with Crippen LogP contribution in [-0.2, 0) is 13.0 Å². The van der Waals surface area contributed by atoms with Crippen LogP contribution in [0.1, 0.15) is 43.5 Å². The van der Waals surface area contributed by atoms with E-state index in [1.165, 1.54) is 36.6 Å². The van der Waals surface area contributed by atoms with Crippen LogP contribution in [0.2, 0.25) is 0 Å². The second-order valence-electron chi connectivity index (χ2n) is 7.55. The third kappa shape index (κ3) is 5.41. The minimum atomic E-state index is -0.525. The standard InChI is InChI=1S/C24H27N3O3/c28-24-25-23(26-30-24)18-19-10-12-21(13-11-19)29-17-7-3-1-2-6-15-27-16-14-20-8-4-5-9-22(20)27/h4-5,8-14,16H,1-3,6-7,15,17-18H2,(H,25,26,28). The van der Waals surface area contributed by atoms with E-state index in [4.69, 9.17) is 4.74 Å². The number of rotatable bonds is 11. The van der Waals surface area contributed by atoms with Gasteiger partial charge in [0.25, 0.3) is 0 Å². The molecule has 0 aliphatic carbocycles. The lowest BCUT2D eigenvalue weighted by molar-refractivity contribution is 0.304. The quantitative estimate of drug-likeness (QED) is 0.359. The van der Waals surface area contributed by atoms with Gasteiger partial charge in [-0.2, -0.15) is 0 Å². The largest absolute Gasteiger partial charge is 0.494 e. The van der Waals surface area contributed by atoms with Gasteiger partial charge in [0.15, 0.2) is 5.82 Å². The van der Waals surface area contributed by atoms with E-state index in [1.807, 2.05) is 24.3 Å². The van der Waals surface area contributed by atoms with Crippen LogP contribution in [0, 0.1) is 0 Å². The number of nitrogens with one attached hydrogen (secondary N) is 1. The van der Waals surface area contributed by atoms with Gasteiger partial charge in [-0.15, -0.1) is 0 Å². The first-order chi connectivity index (χ1) is 14.8. The summed E-state index contributed by atoms with van der Waals surface area (Å²) in [6.07, 6.45) is 8.65. The molecular formula is C24H27N3O3. The summed E-state index contributed by atoms with van der Waals surface area (Å²) in [5, 5.41) is 4.99. The molecule has 2 heterocycles. The van der Waals surface area contributed by atoms with Crippen molar-refractivity contribution in [2.45, 2.75) is 45.1 Å². The highest BCUT2D eigenvalue weighted by Crippen LogP contribution is 2.17. The fraction of sp³-hybridized carbons (Fsp3) is 0.333. The van der Waals surface area contributed by atoms with Crippen LogP contribution in [-0.4, -0.2) is 21.3 Å². The van der Waals surface area contributed by atoms with E-state index < -0.39 is 5.76 Å². The minimum absolute atomic E-state index is 0.525. The summed E-state index contributed by atoms with van der Waals surface area (Å²) >= 11 is 0. The van der Waals surface area contributed by atoms with Gasteiger partial charge in [0.2, 0.25) is 0 Å². The molecule has 0 atom stereocenters. The molecule has 0 fully saturated rings. The number of unbranched alkanes of at least 4 members (excludes halogenated alkanes) is 4. The maximum Gasteiger partial charge on any atom is 0.438 e. The lowest BCUT2D eigenvalue weighted by Gasteiger charge is -2.08. The number of hydrogen-bond donors (Lipinski definition) is 1. The van der Waals surface area contributed by atoms with Crippen LogP contribution in [0.4, 0.5) is 0 Å². The lowest BCUT2D eigenvalue weighted by Crippen LogP contribution is -1.99. The molecule has 4 aromatic rings. The molecule has 0 saturated carbocycles. The number of benzene rings is 2. The predicted molar refractivity (Wildman–Crippen MR) is 117 cm³/mol. The molecule has 0 radical (unpaired) electrons. The first-order valence-corrected chi connectivity index (χ1v) is 10.6. The molecule has 0 unspecified atom stereocenters. The molecule has 0 aliphatic rings. The van der Waals surface area contributed by atoms with Crippen molar-refractivity contribution in [2.24, 2.45) is 0 Å². The second kappa shape index (κ2) is 9.96. The van der Waals surface area contributed by atoms with Gasteiger partial charge >= 0.3 is 5.76 Å². The zero-order chi connectivity index (χ0) is 20.6. The summed E-state index contributed by atoms with van der Waals surface area (Å²) in [6, 6.07) is 18.6. The maximum absolute atomic E-state index is 11.0. The van der Waals surface area contributed by atoms with Crippen LogP contribution in [0.15, 0.2) is 70.1 Å². The van der Waals surface area contributed by atoms with E-state index in [0.29, 0.717) is 12.2 Å². The third-order valence-electron chi connectivity index (χ3n) is 5.27. The number of hydrogen-bond acceptors (Lipinski definition) is 4. The van der Waals surface area contributed by atoms with Crippen molar-refractivity contribution >= 4 is 10.9 Å². The van der Waals surface area contributed by atoms with E-state index in [9.17, 15) is 4.79 Å². The van der Waals surface area contributed by atoms with Crippen molar-refractivity contribution in [2.75, 3.05) is 6.61 Å². The van der Waals surface area contributed by atoms with E-state index >= 15 is 0 Å². The number of aromatic nitrogens is 3. The van der Waals surface area contributed by atoms with Gasteiger partial charge in [0.1, 0.15) is 5.75 Å². The molecule has 2 aromatic heterocycles. The zero-order valence-corrected chi connectivity index (χ0v) is 17.0. The molecule has 6 heteroatoms. The van der Waals surface area contributed by atoms with Gasteiger partial charge < -0.3 is 9.30 Å². The Hall–Kier alpha value is -3.28. The molecule has 30 heavy (non-hydrogen) atoms. The summed E-state index contributed by atoms with van der Waals surface area (Å²) in [6.45, 7) is 1.82. The molecule has 6 nitrogen and oxygen atoms in total. The van der Waals surface area contributed by atoms with Crippen molar-refractivity contribution in [1.82, 2.24) is 14.7 Å². The Balaban J connectivity index is 1.08. The van der Waals surface area contributed by atoms with Gasteiger partial charge in [-0.3, -0.25) is 9.51 Å². The van der Waals surface area contributed by atoms with Gasteiger partial charge in [-0.25, -0.2) is 4.79 Å². The van der Waals surface area contributed by atoms with Crippen LogP contribution < -0.4 is 10.5 Å². The normalized spacial score (nSPS) is 11.2. The Morgan fingerprint density at radius 2 is 1.73 bits per heavy atom. The Labute approximate surface area is 175 Å². The van der Waals surface area contributed by atoms with Crippen molar-refractivity contribution in [3.05, 3.63) is 82.7 Å². The minimum Gasteiger partial charge on any atom is -0.494 e. The van der Waals surface area contributed by atoms with Crippen molar-refractivity contribution < 1.29 is 9.26 Å². The summed E-state index contributed by atoms with van der Waals surface area (Å²) < 4.78 is 12.7. The number of ether oxygens (including phenoxy) is 1. The Bertz CT molecular complexity index is 1110. The highest BCUT2D eigenvalue weighted by atomic mass is 16.5. The average molecular weight is 405 g/mol. The smallest absolute Gasteiger partial charge is 0.438 e. The third-order valence-corrected chi connectivity index (χ3v) is 5.27. The molecule has 0 spiro atoms. The molecule has 156 valence electrons. The van der Waals surface area contributed by atoms with Crippen molar-refractivity contribution in [1.29, 1.82) is 0 Å². The molecule has 0 saturated heterocycles. The van der Waals surface area contributed by atoms with Crippen molar-refractivity contribution in [3.63, 3.8) is 0 Å². The number of H-pyrrole nitrogens is 1. The van der Waals surface area contributed by atoms with E-state index in [0.717, 1.165) is 30.9 Å². The molecular weight excluding hydrogens is 378 g/mol. The first-order valence-electron chi connectivity index (χ1n) is 10.6. The summed E-state index contributed by atoms with van der Waals surface area (Å²) in [4.78, 5) is 13.5. The van der Waals surface area contributed by atoms with E-state index in [2.05, 4.69) is 55.8 Å². The summed E-state index contributed by atoms with van der Waals surface area (Å²) in [5.74, 6) is 0.869. The number of nitrogens with zero attached hydrogens (tertiary/aromatic N) is 2. The summed E-state index contributed by atoms with van der Waals surface area (Å²) in [7, 11) is 0. The first kappa shape index (κ1) is 20.0. The Kier molecular flexibility index (Phi) is 6.65. The number of aryl methyl sites for hydroxylation is 1. The SMILES string of the molecule is O=c1[nH]c(Cc2ccc(OCCCCCCCn3ccc4ccccc43)cc2)no1. The molecule has 2 aromatic carbocycles. The average Bonchev–Trinajstić information content (AvgIpc) is 3.37. The second-order valence-corrected chi connectivity index (χ2v) is 7.55. The number of para-hydroxylation sites is 1. The van der Waals surface area contributed by atoms with Crippen LogP contribution in [0.3, 0.4) is 0 Å². The zero-order valence-electron chi connectivity index (χ0n) is 17.0. The van der Waals surface area contributed by atoms with Gasteiger partial charge in [-0.1, -0.05) is 54.8 Å². The number of aromatic amines is 1. The number of fused-ring (bicyclic) bond motifs is 1. The van der Waals surface area contributed by atoms with Crippen molar-refractivity contribution in [3.8, 4) is 5.75 Å². The molecule has 1 N–H and O–H groups in total. The fourth-order valence-corrected chi connectivity index (χ4v) is 3.67. The van der Waals surface area contributed by atoms with Crippen LogP contribution in [0.25, 0.3) is 10.9 Å². The monoisotopic (exact) mass is 405 g/mol. The predicted octanol–water partition coefficient (Wildman–Crippen LogP) is 4.94. The molecule has 0 aliphatic heterocycles. The van der Waals surface area contributed by atoms with Gasteiger partial charge in [0.05, 0.1) is 6.61 Å². The fourth-order valence-electron chi connectivity index (χ4n) is 3.67. The van der Waals surface area contributed by atoms with Crippen LogP contribution >= 0.6 is 0 Å². The van der Waals surface area contributed by atoms with Gasteiger partial charge in [0, 0.05) is 24.7 Å². The van der Waals surface area contributed by atoms with Crippen LogP contribution in [0.5, 0.6) is 5.75 Å². The van der Waals surface area contributed by atoms with E-state index in [-0.39, 0.29) is 0 Å². The Morgan fingerprint density at radius 3 is 2.57 bits per heavy atom. The summed E-state index contributed by atoms with van der Waals surface area (Å²) in [5.41, 5.74) is 2.37. The highest BCUT2D eigenvalue weighted by Gasteiger charge is 2.03. The maximum atomic E-state index is 11.0. The Morgan fingerprint density at radius 1 is 0.933 bits per heavy atom.